The van der Waals surface area contributed by atoms with Gasteiger partial charge in [0.2, 0.25) is 0 Å². The molecule has 64 heavy (non-hydrogen) atoms. The first-order valence-electron chi connectivity index (χ1n) is 21.9. The first-order chi connectivity index (χ1) is 31.8. The highest BCUT2D eigenvalue weighted by Gasteiger charge is 2.26. The van der Waals surface area contributed by atoms with Crippen LogP contribution in [0.3, 0.4) is 0 Å². The van der Waals surface area contributed by atoms with Crippen LogP contribution in [0.25, 0.3) is 131 Å². The summed E-state index contributed by atoms with van der Waals surface area (Å²) < 4.78 is 4.91. The van der Waals surface area contributed by atoms with E-state index in [4.69, 9.17) is 9.97 Å². The Morgan fingerprint density at radius 2 is 0.641 bits per heavy atom. The number of aromatic nitrogens is 4. The number of fused-ring (bicyclic) bond motifs is 17. The highest BCUT2D eigenvalue weighted by atomic mass is 15.0. The lowest BCUT2D eigenvalue weighted by Gasteiger charge is -2.17. The van der Waals surface area contributed by atoms with Gasteiger partial charge >= 0.3 is 0 Å². The summed E-state index contributed by atoms with van der Waals surface area (Å²) >= 11 is 0. The molecule has 4 heteroatoms. The van der Waals surface area contributed by atoms with E-state index in [0.717, 1.165) is 55.2 Å². The lowest BCUT2D eigenvalue weighted by atomic mass is 9.91. The van der Waals surface area contributed by atoms with Gasteiger partial charge in [0.25, 0.3) is 0 Å². The van der Waals surface area contributed by atoms with Gasteiger partial charge in [0.05, 0.1) is 33.1 Å². The van der Waals surface area contributed by atoms with Crippen LogP contribution in [0.5, 0.6) is 0 Å². The number of benzene rings is 10. The quantitative estimate of drug-likeness (QED) is 0.166. The van der Waals surface area contributed by atoms with Crippen molar-refractivity contribution in [2.75, 3.05) is 0 Å². The molecular formula is C60H36N4. The van der Waals surface area contributed by atoms with E-state index in [0.29, 0.717) is 0 Å². The Hall–Kier alpha value is -8.60. The largest absolute Gasteiger partial charge is 0.307 e. The first kappa shape index (κ1) is 35.0. The minimum atomic E-state index is 0.991. The van der Waals surface area contributed by atoms with Crippen molar-refractivity contribution >= 4 is 97.7 Å². The second-order valence-electron chi connectivity index (χ2n) is 16.9. The molecule has 0 unspecified atom stereocenters. The van der Waals surface area contributed by atoms with Crippen LogP contribution in [0.4, 0.5) is 0 Å². The number of pyridine rings is 2. The van der Waals surface area contributed by atoms with Crippen molar-refractivity contribution < 1.29 is 0 Å². The highest BCUT2D eigenvalue weighted by Crippen LogP contribution is 2.49. The number of nitrogens with zero attached hydrogens (tertiary/aromatic N) is 4. The molecule has 14 aromatic rings. The molecule has 296 valence electrons. The van der Waals surface area contributed by atoms with Crippen LogP contribution in [0, 0.1) is 0 Å². The maximum atomic E-state index is 5.16. The lowest BCUT2D eigenvalue weighted by Crippen LogP contribution is -1.98. The third-order valence-electron chi connectivity index (χ3n) is 13.5. The SMILES string of the molecule is c1ccc2cc(-c3ccc(-n4c5cccnc5c5c6ccccc6c6c(c7ccccc7c7c8ncccc8n(-c8ccc(-c9ccc%10ccccc%10c9)cc8)c76)c54)cc3)ccc2c1. The highest BCUT2D eigenvalue weighted by molar-refractivity contribution is 6.43. The van der Waals surface area contributed by atoms with Crippen LogP contribution in [-0.4, -0.2) is 19.1 Å². The molecule has 0 saturated heterocycles. The summed E-state index contributed by atoms with van der Waals surface area (Å²) in [6.07, 6.45) is 3.86. The van der Waals surface area contributed by atoms with Gasteiger partial charge in [-0.25, -0.2) is 0 Å². The van der Waals surface area contributed by atoms with Gasteiger partial charge in [0.15, 0.2) is 0 Å². The third kappa shape index (κ3) is 4.99. The molecule has 0 amide bonds. The van der Waals surface area contributed by atoms with Crippen molar-refractivity contribution in [1.82, 2.24) is 19.1 Å². The fourth-order valence-corrected chi connectivity index (χ4v) is 10.7. The normalized spacial score (nSPS) is 12.1. The molecular weight excluding hydrogens is 777 g/mol. The van der Waals surface area contributed by atoms with Crippen LogP contribution in [0.1, 0.15) is 0 Å². The van der Waals surface area contributed by atoms with E-state index in [9.17, 15) is 0 Å². The van der Waals surface area contributed by atoms with E-state index in [-0.39, 0.29) is 0 Å². The van der Waals surface area contributed by atoms with Gasteiger partial charge in [-0.3, -0.25) is 9.97 Å². The molecule has 0 N–H and O–H groups in total. The van der Waals surface area contributed by atoms with Gasteiger partial charge in [0.1, 0.15) is 0 Å². The van der Waals surface area contributed by atoms with E-state index in [1.807, 2.05) is 12.4 Å². The standard InChI is InChI=1S/C60H36N4/c1-3-13-41-35-43(23-21-37(41)11-1)39-25-29-45(30-26-39)63-51-19-9-33-61-57(51)55-49-17-7-6-16-48(49)54-53(59(55)63)47-15-5-8-18-50(47)56-58-52(20-10-34-62-58)64(60(54)56)46-31-27-40(28-32-46)44-24-22-38-12-2-4-14-42(38)36-44/h1-36H. The smallest absolute Gasteiger partial charge is 0.0969 e. The maximum Gasteiger partial charge on any atom is 0.0969 e. The molecule has 0 aliphatic carbocycles. The summed E-state index contributed by atoms with van der Waals surface area (Å²) in [6, 6.07) is 75.1. The van der Waals surface area contributed by atoms with Gasteiger partial charge in [-0.1, -0.05) is 146 Å². The number of hydrogen-bond acceptors (Lipinski definition) is 2. The van der Waals surface area contributed by atoms with E-state index >= 15 is 0 Å². The fourth-order valence-electron chi connectivity index (χ4n) is 10.7. The summed E-state index contributed by atoms with van der Waals surface area (Å²) in [5, 5.41) is 14.4. The summed E-state index contributed by atoms with van der Waals surface area (Å²) in [4.78, 5) is 10.3. The van der Waals surface area contributed by atoms with E-state index in [1.54, 1.807) is 0 Å². The first-order valence-corrected chi connectivity index (χ1v) is 21.9. The van der Waals surface area contributed by atoms with Gasteiger partial charge in [-0.15, -0.1) is 0 Å². The van der Waals surface area contributed by atoms with E-state index in [1.165, 1.54) is 76.1 Å². The summed E-state index contributed by atoms with van der Waals surface area (Å²) in [6.45, 7) is 0. The van der Waals surface area contributed by atoms with Crippen LogP contribution >= 0.6 is 0 Å². The number of rotatable bonds is 4. The molecule has 0 radical (unpaired) electrons. The molecule has 14 rings (SSSR count). The maximum absolute atomic E-state index is 5.16. The Bertz CT molecular complexity index is 3960. The Kier molecular flexibility index (Phi) is 7.36. The van der Waals surface area contributed by atoms with Crippen molar-refractivity contribution in [3.05, 3.63) is 219 Å². The van der Waals surface area contributed by atoms with Crippen molar-refractivity contribution in [1.29, 1.82) is 0 Å². The number of hydrogen-bond donors (Lipinski definition) is 0. The van der Waals surface area contributed by atoms with Gasteiger partial charge in [0, 0.05) is 45.3 Å². The molecule has 4 nitrogen and oxygen atoms in total. The van der Waals surface area contributed by atoms with Crippen LogP contribution in [-0.2, 0) is 0 Å². The Morgan fingerprint density at radius 3 is 1.06 bits per heavy atom. The average Bonchev–Trinajstić information content (AvgIpc) is 3.90. The minimum Gasteiger partial charge on any atom is -0.307 e. The lowest BCUT2D eigenvalue weighted by molar-refractivity contribution is 1.18. The molecule has 10 aromatic carbocycles. The third-order valence-corrected chi connectivity index (χ3v) is 13.5. The fraction of sp³-hybridized carbons (Fsp3) is 0. The molecule has 0 aliphatic rings. The second kappa shape index (κ2) is 13.4. The minimum absolute atomic E-state index is 0.991. The van der Waals surface area contributed by atoms with Crippen molar-refractivity contribution in [2.45, 2.75) is 0 Å². The zero-order chi connectivity index (χ0) is 41.9. The molecule has 4 aromatic heterocycles. The van der Waals surface area contributed by atoms with E-state index < -0.39 is 0 Å². The van der Waals surface area contributed by atoms with E-state index in [2.05, 4.69) is 215 Å². The molecule has 0 saturated carbocycles. The van der Waals surface area contributed by atoms with Crippen LogP contribution in [0.2, 0.25) is 0 Å². The van der Waals surface area contributed by atoms with Crippen molar-refractivity contribution in [3.63, 3.8) is 0 Å². The summed E-state index contributed by atoms with van der Waals surface area (Å²) in [5.41, 5.74) is 13.4. The van der Waals surface area contributed by atoms with Crippen LogP contribution in [0.15, 0.2) is 219 Å². The topological polar surface area (TPSA) is 35.6 Å². The molecule has 0 bridgehead atoms. The molecule has 0 fully saturated rings. The average molecular weight is 813 g/mol. The van der Waals surface area contributed by atoms with Gasteiger partial charge in [-0.2, -0.15) is 0 Å². The van der Waals surface area contributed by atoms with Crippen molar-refractivity contribution in [2.24, 2.45) is 0 Å². The molecule has 4 heterocycles. The van der Waals surface area contributed by atoms with Crippen molar-refractivity contribution in [3.8, 4) is 33.6 Å². The van der Waals surface area contributed by atoms with Gasteiger partial charge in [-0.05, 0) is 126 Å². The summed E-state index contributed by atoms with van der Waals surface area (Å²) in [7, 11) is 0. The van der Waals surface area contributed by atoms with Gasteiger partial charge < -0.3 is 9.13 Å². The molecule has 0 spiro atoms. The summed E-state index contributed by atoms with van der Waals surface area (Å²) in [5.74, 6) is 0. The Balaban J connectivity index is 1.10. The Labute approximate surface area is 367 Å². The zero-order valence-corrected chi connectivity index (χ0v) is 34.6. The van der Waals surface area contributed by atoms with Crippen LogP contribution < -0.4 is 0 Å². The predicted molar refractivity (Wildman–Crippen MR) is 269 cm³/mol. The second-order valence-corrected chi connectivity index (χ2v) is 16.9. The molecule has 0 aliphatic heterocycles. The Morgan fingerprint density at radius 1 is 0.281 bits per heavy atom. The predicted octanol–water partition coefficient (Wildman–Crippen LogP) is 15.8. The molecule has 0 atom stereocenters. The zero-order valence-electron chi connectivity index (χ0n) is 34.6. The monoisotopic (exact) mass is 812 g/mol.